The van der Waals surface area contributed by atoms with Crippen LogP contribution in [0.4, 0.5) is 0 Å². The van der Waals surface area contributed by atoms with E-state index in [2.05, 4.69) is 6.58 Å². The number of aromatic hydroxyl groups is 1. The van der Waals surface area contributed by atoms with Gasteiger partial charge >= 0.3 is 10.8 Å². The summed E-state index contributed by atoms with van der Waals surface area (Å²) >= 11 is 13.0. The van der Waals surface area contributed by atoms with E-state index >= 15 is 0 Å². The normalized spacial score (nSPS) is 11.0. The van der Waals surface area contributed by atoms with Gasteiger partial charge in [0.2, 0.25) is 5.88 Å². The third-order valence-electron chi connectivity index (χ3n) is 4.51. The van der Waals surface area contributed by atoms with Crippen molar-refractivity contribution in [3.63, 3.8) is 0 Å². The third-order valence-corrected chi connectivity index (χ3v) is 6.09. The minimum atomic E-state index is -0.846. The van der Waals surface area contributed by atoms with E-state index < -0.39 is 5.97 Å². The van der Waals surface area contributed by atoms with Crippen LogP contribution in [-0.4, -0.2) is 20.7 Å². The maximum Gasteiger partial charge on any atom is 0.310 e. The number of thiazole rings is 1. The first kappa shape index (κ1) is 22.2. The van der Waals surface area contributed by atoms with Crippen molar-refractivity contribution in [2.24, 2.45) is 0 Å². The molecule has 2 aromatic heterocycles. The Kier molecular flexibility index (Phi) is 7.07. The summed E-state index contributed by atoms with van der Waals surface area (Å²) in [5, 5.41) is 20.1. The molecule has 3 aromatic rings. The first-order valence-corrected chi connectivity index (χ1v) is 10.7. The van der Waals surface area contributed by atoms with E-state index in [1.54, 1.807) is 30.3 Å². The lowest BCUT2D eigenvalue weighted by Gasteiger charge is -2.05. The van der Waals surface area contributed by atoms with E-state index in [-0.39, 0.29) is 17.2 Å². The molecule has 0 spiro atoms. The van der Waals surface area contributed by atoms with E-state index in [0.29, 0.717) is 63.4 Å². The monoisotopic (exact) mass is 467 g/mol. The smallest absolute Gasteiger partial charge is 0.310 e. The van der Waals surface area contributed by atoms with Gasteiger partial charge in [-0.3, -0.25) is 14.2 Å². The molecule has 0 aliphatic heterocycles. The number of hydrogen-bond donors (Lipinski definition) is 2. The number of carboxylic acid groups (broad SMARTS) is 1. The highest BCUT2D eigenvalue weighted by Crippen LogP contribution is 2.36. The molecule has 0 aliphatic carbocycles. The molecule has 9 heteroatoms. The molecule has 30 heavy (non-hydrogen) atoms. The zero-order valence-electron chi connectivity index (χ0n) is 15.9. The number of benzene rings is 1. The van der Waals surface area contributed by atoms with Crippen LogP contribution in [0.25, 0.3) is 16.9 Å². The minimum absolute atomic E-state index is 0.0883. The summed E-state index contributed by atoms with van der Waals surface area (Å²) in [7, 11) is 0. The number of carbonyl (C=O) groups is 1. The van der Waals surface area contributed by atoms with Crippen molar-refractivity contribution in [3.8, 4) is 17.2 Å². The molecule has 6 nitrogen and oxygen atoms in total. The zero-order valence-corrected chi connectivity index (χ0v) is 18.2. The molecule has 158 valence electrons. The lowest BCUT2D eigenvalue weighted by Crippen LogP contribution is -2.12. The average Bonchev–Trinajstić information content (AvgIpc) is 3.27. The molecule has 0 radical (unpaired) electrons. The Morgan fingerprint density at radius 2 is 1.93 bits per heavy atom. The van der Waals surface area contributed by atoms with Gasteiger partial charge in [0.05, 0.1) is 5.02 Å². The van der Waals surface area contributed by atoms with Crippen LogP contribution >= 0.6 is 34.5 Å². The Hall–Kier alpha value is -2.48. The van der Waals surface area contributed by atoms with Crippen molar-refractivity contribution in [1.29, 1.82) is 0 Å². The molecule has 0 unspecified atom stereocenters. The Balaban J connectivity index is 1.75. The highest BCUT2D eigenvalue weighted by Gasteiger charge is 2.20. The predicted molar refractivity (Wildman–Crippen MR) is 119 cm³/mol. The number of furan rings is 1. The Bertz CT molecular complexity index is 1140. The molecule has 0 saturated heterocycles. The molecule has 1 aromatic carbocycles. The van der Waals surface area contributed by atoms with Crippen molar-refractivity contribution in [1.82, 2.24) is 4.57 Å². The average molecular weight is 468 g/mol. The van der Waals surface area contributed by atoms with Gasteiger partial charge in [0.1, 0.15) is 16.4 Å². The lowest BCUT2D eigenvalue weighted by atomic mass is 10.1. The van der Waals surface area contributed by atoms with Gasteiger partial charge in [-0.15, -0.1) is 0 Å². The second-order valence-corrected chi connectivity index (χ2v) is 8.45. The van der Waals surface area contributed by atoms with Gasteiger partial charge in [0.15, 0.2) is 0 Å². The van der Waals surface area contributed by atoms with E-state index in [9.17, 15) is 14.7 Å². The first-order chi connectivity index (χ1) is 14.3. The second-order valence-electron chi connectivity index (χ2n) is 6.64. The molecule has 0 fully saturated rings. The Morgan fingerprint density at radius 3 is 2.63 bits per heavy atom. The van der Waals surface area contributed by atoms with Crippen molar-refractivity contribution >= 4 is 46.1 Å². The summed E-state index contributed by atoms with van der Waals surface area (Å²) in [4.78, 5) is 22.9. The van der Waals surface area contributed by atoms with Gasteiger partial charge in [0, 0.05) is 29.1 Å². The van der Waals surface area contributed by atoms with Gasteiger partial charge in [-0.1, -0.05) is 47.5 Å². The number of carboxylic acids is 1. The second kappa shape index (κ2) is 9.55. The largest absolute Gasteiger partial charge is 0.493 e. The third kappa shape index (κ3) is 4.98. The standard InChI is InChI=1S/C21H19Cl2NO5S/c1-12(16-8-9-17(29-16)14-7-6-13(22)11-15(14)23)19-20(27)24(21(28)30-19)10-4-2-3-5-18(25)26/h6-9,11,27H,1-5,10H2,(H,25,26). The van der Waals surface area contributed by atoms with E-state index in [4.69, 9.17) is 32.7 Å². The molecule has 3 rings (SSSR count). The van der Waals surface area contributed by atoms with Crippen LogP contribution in [0, 0.1) is 0 Å². The number of aliphatic carboxylic acids is 1. The number of unbranched alkanes of at least 4 members (excludes halogenated alkanes) is 2. The SMILES string of the molecule is C=C(c1ccc(-c2ccc(Cl)cc2Cl)o1)c1sc(=O)n(CCCCCC(=O)O)c1O. The van der Waals surface area contributed by atoms with Crippen LogP contribution in [0.15, 0.2) is 46.1 Å². The quantitative estimate of drug-likeness (QED) is 0.382. The van der Waals surface area contributed by atoms with Gasteiger partial charge in [0.25, 0.3) is 0 Å². The van der Waals surface area contributed by atoms with Crippen molar-refractivity contribution in [2.45, 2.75) is 32.2 Å². The maximum absolute atomic E-state index is 12.3. The molecule has 0 saturated carbocycles. The fraction of sp³-hybridized carbons (Fsp3) is 0.238. The van der Waals surface area contributed by atoms with Crippen LogP contribution in [0.2, 0.25) is 10.0 Å². The number of nitrogens with zero attached hydrogens (tertiary/aromatic N) is 1. The van der Waals surface area contributed by atoms with Crippen molar-refractivity contribution in [2.75, 3.05) is 0 Å². The number of rotatable bonds is 9. The molecular weight excluding hydrogens is 449 g/mol. The Morgan fingerprint density at radius 1 is 1.17 bits per heavy atom. The minimum Gasteiger partial charge on any atom is -0.493 e. The number of aromatic nitrogens is 1. The van der Waals surface area contributed by atoms with Crippen LogP contribution in [0.1, 0.15) is 36.3 Å². The first-order valence-electron chi connectivity index (χ1n) is 9.17. The summed E-state index contributed by atoms with van der Waals surface area (Å²) in [6, 6.07) is 8.49. The van der Waals surface area contributed by atoms with Gasteiger partial charge in [-0.2, -0.15) is 0 Å². The number of halogens is 2. The fourth-order valence-electron chi connectivity index (χ4n) is 2.96. The molecule has 0 bridgehead atoms. The highest BCUT2D eigenvalue weighted by molar-refractivity contribution is 7.10. The van der Waals surface area contributed by atoms with Gasteiger partial charge < -0.3 is 14.6 Å². The van der Waals surface area contributed by atoms with Crippen LogP contribution in [-0.2, 0) is 11.3 Å². The predicted octanol–water partition coefficient (Wildman–Crippen LogP) is 5.89. The van der Waals surface area contributed by atoms with Crippen LogP contribution < -0.4 is 4.87 Å². The highest BCUT2D eigenvalue weighted by atomic mass is 35.5. The lowest BCUT2D eigenvalue weighted by molar-refractivity contribution is -0.137. The van der Waals surface area contributed by atoms with Crippen LogP contribution in [0.5, 0.6) is 5.88 Å². The molecule has 0 atom stereocenters. The van der Waals surface area contributed by atoms with Crippen molar-refractivity contribution < 1.29 is 19.4 Å². The Labute approximate surface area is 186 Å². The molecule has 2 heterocycles. The van der Waals surface area contributed by atoms with Gasteiger partial charge in [-0.05, 0) is 43.2 Å². The van der Waals surface area contributed by atoms with Gasteiger partial charge in [-0.25, -0.2) is 0 Å². The summed E-state index contributed by atoms with van der Waals surface area (Å²) in [5.41, 5.74) is 1.05. The van der Waals surface area contributed by atoms with E-state index in [1.165, 1.54) is 4.57 Å². The topological polar surface area (TPSA) is 92.7 Å². The molecule has 2 N–H and O–H groups in total. The number of hydrogen-bond acceptors (Lipinski definition) is 5. The summed E-state index contributed by atoms with van der Waals surface area (Å²) in [6.07, 6.45) is 1.85. The van der Waals surface area contributed by atoms with E-state index in [0.717, 1.165) is 11.3 Å². The summed E-state index contributed by atoms with van der Waals surface area (Å²) in [6.45, 7) is 4.27. The summed E-state index contributed by atoms with van der Waals surface area (Å²) < 4.78 is 7.12. The molecular formula is C21H19Cl2NO5S. The molecule has 0 amide bonds. The zero-order chi connectivity index (χ0) is 21.8. The van der Waals surface area contributed by atoms with E-state index in [1.807, 2.05) is 0 Å². The maximum atomic E-state index is 12.3. The van der Waals surface area contributed by atoms with Crippen molar-refractivity contribution in [3.05, 3.63) is 67.3 Å². The molecule has 0 aliphatic rings. The summed E-state index contributed by atoms with van der Waals surface area (Å²) in [5.74, 6) is -0.101. The van der Waals surface area contributed by atoms with Crippen LogP contribution in [0.3, 0.4) is 0 Å². The fourth-order valence-corrected chi connectivity index (χ4v) is 4.35.